The molecule has 2 aromatic carbocycles. The molecule has 4 nitrogen and oxygen atoms in total. The van der Waals surface area contributed by atoms with Gasteiger partial charge < -0.3 is 15.7 Å². The first-order chi connectivity index (χ1) is 11.1. The maximum Gasteiger partial charge on any atom is 0.225 e. The first kappa shape index (κ1) is 17.5. The Hall–Kier alpha value is -1.88. The van der Waals surface area contributed by atoms with Crippen molar-refractivity contribution in [2.75, 3.05) is 11.9 Å². The fraction of sp³-hybridized carbons (Fsp3) is 0.278. The number of nitrogens with one attached hydrogen (secondary N) is 2. The summed E-state index contributed by atoms with van der Waals surface area (Å²) in [5.74, 6) is -0.1000. The molecule has 2 aromatic rings. The Morgan fingerprint density at radius 3 is 2.57 bits per heavy atom. The van der Waals surface area contributed by atoms with Gasteiger partial charge in [-0.15, -0.1) is 0 Å². The predicted molar refractivity (Wildman–Crippen MR) is 93.6 cm³/mol. The van der Waals surface area contributed by atoms with E-state index in [4.69, 9.17) is 11.6 Å². The van der Waals surface area contributed by atoms with Crippen LogP contribution < -0.4 is 10.6 Å². The minimum Gasteiger partial charge on any atom is -0.394 e. The van der Waals surface area contributed by atoms with Gasteiger partial charge in [0.15, 0.2) is 0 Å². The van der Waals surface area contributed by atoms with E-state index in [1.807, 2.05) is 37.3 Å². The van der Waals surface area contributed by atoms with Gasteiger partial charge in [0.05, 0.1) is 12.6 Å². The molecule has 0 aliphatic rings. The summed E-state index contributed by atoms with van der Waals surface area (Å²) in [6.07, 6.45) is 0.301. The second-order valence-corrected chi connectivity index (χ2v) is 5.91. The molecule has 0 aliphatic carbocycles. The van der Waals surface area contributed by atoms with E-state index in [1.54, 1.807) is 24.3 Å². The van der Waals surface area contributed by atoms with Gasteiger partial charge in [0.25, 0.3) is 0 Å². The molecule has 3 N–H and O–H groups in total. The number of aliphatic hydroxyl groups is 1. The van der Waals surface area contributed by atoms with Crippen molar-refractivity contribution in [3.63, 3.8) is 0 Å². The van der Waals surface area contributed by atoms with Crippen molar-refractivity contribution >= 4 is 23.2 Å². The van der Waals surface area contributed by atoms with Gasteiger partial charge in [-0.1, -0.05) is 48.0 Å². The SMILES string of the molecule is CC(CC(=O)Nc1cccc(Cl)c1)NC(CO)c1ccccc1. The lowest BCUT2D eigenvalue weighted by molar-refractivity contribution is -0.116. The Labute approximate surface area is 141 Å². The Morgan fingerprint density at radius 2 is 1.91 bits per heavy atom. The molecule has 0 heterocycles. The van der Waals surface area contributed by atoms with Crippen molar-refractivity contribution in [3.8, 4) is 0 Å². The molecule has 0 fully saturated rings. The van der Waals surface area contributed by atoms with Gasteiger partial charge in [0.1, 0.15) is 0 Å². The van der Waals surface area contributed by atoms with E-state index in [2.05, 4.69) is 10.6 Å². The van der Waals surface area contributed by atoms with Crippen LogP contribution in [0.2, 0.25) is 5.02 Å². The van der Waals surface area contributed by atoms with Crippen LogP contribution in [0.3, 0.4) is 0 Å². The molecule has 5 heteroatoms. The van der Waals surface area contributed by atoms with E-state index in [-0.39, 0.29) is 24.6 Å². The van der Waals surface area contributed by atoms with E-state index < -0.39 is 0 Å². The van der Waals surface area contributed by atoms with Crippen LogP contribution in [-0.2, 0) is 4.79 Å². The molecule has 0 saturated carbocycles. The molecule has 0 spiro atoms. The molecule has 2 atom stereocenters. The zero-order valence-corrected chi connectivity index (χ0v) is 13.8. The highest BCUT2D eigenvalue weighted by atomic mass is 35.5. The van der Waals surface area contributed by atoms with Crippen LogP contribution in [0.5, 0.6) is 0 Å². The van der Waals surface area contributed by atoms with Crippen molar-refractivity contribution in [3.05, 3.63) is 65.2 Å². The Morgan fingerprint density at radius 1 is 1.17 bits per heavy atom. The molecule has 0 radical (unpaired) electrons. The number of amides is 1. The number of halogens is 1. The number of carbonyl (C=O) groups is 1. The maximum atomic E-state index is 12.1. The minimum absolute atomic E-state index is 0.0235. The molecular weight excluding hydrogens is 312 g/mol. The highest BCUT2D eigenvalue weighted by Crippen LogP contribution is 2.16. The van der Waals surface area contributed by atoms with E-state index in [0.717, 1.165) is 5.56 Å². The zero-order valence-electron chi connectivity index (χ0n) is 13.0. The van der Waals surface area contributed by atoms with E-state index in [0.29, 0.717) is 17.1 Å². The molecule has 122 valence electrons. The van der Waals surface area contributed by atoms with Crippen LogP contribution in [0.1, 0.15) is 24.9 Å². The van der Waals surface area contributed by atoms with Crippen LogP contribution >= 0.6 is 11.6 Å². The lowest BCUT2D eigenvalue weighted by atomic mass is 10.1. The lowest BCUT2D eigenvalue weighted by Crippen LogP contribution is -2.35. The highest BCUT2D eigenvalue weighted by molar-refractivity contribution is 6.30. The largest absolute Gasteiger partial charge is 0.394 e. The lowest BCUT2D eigenvalue weighted by Gasteiger charge is -2.22. The molecular formula is C18H21ClN2O2. The third-order valence-electron chi connectivity index (χ3n) is 3.47. The Kier molecular flexibility index (Phi) is 6.59. The summed E-state index contributed by atoms with van der Waals surface area (Å²) in [6.45, 7) is 1.90. The number of hydrogen-bond donors (Lipinski definition) is 3. The first-order valence-corrected chi connectivity index (χ1v) is 7.93. The smallest absolute Gasteiger partial charge is 0.225 e. The number of anilines is 1. The normalized spacial score (nSPS) is 13.3. The van der Waals surface area contributed by atoms with Crippen LogP contribution in [0.4, 0.5) is 5.69 Å². The predicted octanol–water partition coefficient (Wildman–Crippen LogP) is 3.38. The summed E-state index contributed by atoms with van der Waals surface area (Å²) < 4.78 is 0. The number of carbonyl (C=O) groups excluding carboxylic acids is 1. The second kappa shape index (κ2) is 8.67. The molecule has 0 aromatic heterocycles. The summed E-state index contributed by atoms with van der Waals surface area (Å²) in [6, 6.07) is 16.5. The van der Waals surface area contributed by atoms with Gasteiger partial charge in [0.2, 0.25) is 5.91 Å². The fourth-order valence-corrected chi connectivity index (χ4v) is 2.59. The van der Waals surface area contributed by atoms with E-state index in [1.165, 1.54) is 0 Å². The van der Waals surface area contributed by atoms with Crippen molar-refractivity contribution in [1.82, 2.24) is 5.32 Å². The van der Waals surface area contributed by atoms with E-state index >= 15 is 0 Å². The van der Waals surface area contributed by atoms with Gasteiger partial charge in [-0.05, 0) is 30.7 Å². The number of aliphatic hydroxyl groups excluding tert-OH is 1. The molecule has 2 rings (SSSR count). The molecule has 0 bridgehead atoms. The van der Waals surface area contributed by atoms with Crippen molar-refractivity contribution in [1.29, 1.82) is 0 Å². The summed E-state index contributed by atoms with van der Waals surface area (Å²) in [4.78, 5) is 12.1. The fourth-order valence-electron chi connectivity index (χ4n) is 2.40. The van der Waals surface area contributed by atoms with Crippen molar-refractivity contribution < 1.29 is 9.90 Å². The molecule has 0 aliphatic heterocycles. The number of hydrogen-bond acceptors (Lipinski definition) is 3. The monoisotopic (exact) mass is 332 g/mol. The molecule has 23 heavy (non-hydrogen) atoms. The quantitative estimate of drug-likeness (QED) is 0.728. The second-order valence-electron chi connectivity index (χ2n) is 5.48. The zero-order chi connectivity index (χ0) is 16.7. The van der Waals surface area contributed by atoms with E-state index in [9.17, 15) is 9.90 Å². The summed E-state index contributed by atoms with van der Waals surface area (Å²) >= 11 is 5.90. The van der Waals surface area contributed by atoms with Gasteiger partial charge >= 0.3 is 0 Å². The Balaban J connectivity index is 1.88. The average molecular weight is 333 g/mol. The highest BCUT2D eigenvalue weighted by Gasteiger charge is 2.15. The average Bonchev–Trinajstić information content (AvgIpc) is 2.53. The Bertz CT molecular complexity index is 634. The van der Waals surface area contributed by atoms with Crippen LogP contribution in [0.25, 0.3) is 0 Å². The topological polar surface area (TPSA) is 61.4 Å². The third kappa shape index (κ3) is 5.67. The van der Waals surface area contributed by atoms with Crippen molar-refractivity contribution in [2.45, 2.75) is 25.4 Å². The van der Waals surface area contributed by atoms with Gasteiger partial charge in [-0.25, -0.2) is 0 Å². The standard InChI is InChI=1S/C18H21ClN2O2/c1-13(20-17(12-22)14-6-3-2-4-7-14)10-18(23)21-16-9-5-8-15(19)11-16/h2-9,11,13,17,20,22H,10,12H2,1H3,(H,21,23). The number of benzene rings is 2. The molecule has 1 amide bonds. The number of rotatable bonds is 7. The molecule has 2 unspecified atom stereocenters. The van der Waals surface area contributed by atoms with Crippen LogP contribution in [0, 0.1) is 0 Å². The van der Waals surface area contributed by atoms with Crippen LogP contribution in [-0.4, -0.2) is 23.7 Å². The minimum atomic E-state index is -0.190. The summed E-state index contributed by atoms with van der Waals surface area (Å²) in [5.41, 5.74) is 1.67. The molecule has 0 saturated heterocycles. The van der Waals surface area contributed by atoms with Gasteiger partial charge in [-0.3, -0.25) is 4.79 Å². The summed E-state index contributed by atoms with van der Waals surface area (Å²) in [5, 5.41) is 16.2. The third-order valence-corrected chi connectivity index (χ3v) is 3.71. The maximum absolute atomic E-state index is 12.1. The van der Waals surface area contributed by atoms with Gasteiger partial charge in [-0.2, -0.15) is 0 Å². The van der Waals surface area contributed by atoms with Gasteiger partial charge in [0, 0.05) is 23.2 Å². The van der Waals surface area contributed by atoms with Crippen molar-refractivity contribution in [2.24, 2.45) is 0 Å². The van der Waals surface area contributed by atoms with Crippen LogP contribution in [0.15, 0.2) is 54.6 Å². The summed E-state index contributed by atoms with van der Waals surface area (Å²) in [7, 11) is 0. The first-order valence-electron chi connectivity index (χ1n) is 7.55.